The van der Waals surface area contributed by atoms with Crippen LogP contribution in [0, 0.1) is 0 Å². The molecule has 0 saturated carbocycles. The van der Waals surface area contributed by atoms with Gasteiger partial charge in [-0.2, -0.15) is 0 Å². The van der Waals surface area contributed by atoms with Crippen LogP contribution in [0.3, 0.4) is 0 Å². The van der Waals surface area contributed by atoms with E-state index in [2.05, 4.69) is 4.98 Å². The summed E-state index contributed by atoms with van der Waals surface area (Å²) in [5, 5.41) is 1.89. The second-order valence-corrected chi connectivity index (χ2v) is 8.63. The molecular weight excluding hydrogens is 424 g/mol. The van der Waals surface area contributed by atoms with E-state index in [1.807, 2.05) is 63.5 Å². The Morgan fingerprint density at radius 1 is 1.22 bits per heavy atom. The average Bonchev–Trinajstić information content (AvgIpc) is 3.45. The minimum absolute atomic E-state index is 0.0385. The average molecular weight is 449 g/mol. The first-order valence-electron chi connectivity index (χ1n) is 10.6. The molecule has 0 atom stereocenters. The lowest BCUT2D eigenvalue weighted by Crippen LogP contribution is -2.41. The monoisotopic (exact) mass is 448 g/mol. The fraction of sp³-hybridized carbons (Fsp3) is 0.292. The maximum atomic E-state index is 13.2. The number of piperidine rings is 1. The normalized spacial score (nSPS) is 14.7. The molecule has 1 fully saturated rings. The van der Waals surface area contributed by atoms with Crippen LogP contribution in [0.25, 0.3) is 16.2 Å². The molecule has 164 valence electrons. The van der Waals surface area contributed by atoms with E-state index in [0.29, 0.717) is 25.4 Å². The largest absolute Gasteiger partial charge is 0.497 e. The molecule has 0 aliphatic carbocycles. The van der Waals surface area contributed by atoms with Crippen molar-refractivity contribution in [1.82, 2.24) is 19.3 Å². The Morgan fingerprint density at radius 2 is 2.09 bits per heavy atom. The van der Waals surface area contributed by atoms with E-state index in [1.165, 1.54) is 11.3 Å². The molecule has 1 aromatic carbocycles. The Bertz CT molecular complexity index is 1210. The summed E-state index contributed by atoms with van der Waals surface area (Å²) < 4.78 is 13.2. The molecule has 5 rings (SSSR count). The van der Waals surface area contributed by atoms with Gasteiger partial charge in [0.25, 0.3) is 5.91 Å². The van der Waals surface area contributed by atoms with E-state index in [-0.39, 0.29) is 12.0 Å². The lowest BCUT2D eigenvalue weighted by Gasteiger charge is -2.31. The van der Waals surface area contributed by atoms with E-state index in [9.17, 15) is 4.79 Å². The molecule has 0 unspecified atom stereocenters. The lowest BCUT2D eigenvalue weighted by molar-refractivity contribution is -0.000612. The molecule has 7 nitrogen and oxygen atoms in total. The van der Waals surface area contributed by atoms with Crippen LogP contribution in [0.1, 0.15) is 28.9 Å². The summed E-state index contributed by atoms with van der Waals surface area (Å²) in [4.78, 5) is 24.8. The molecule has 32 heavy (non-hydrogen) atoms. The first-order valence-corrected chi connectivity index (χ1v) is 11.5. The number of fused-ring (bicyclic) bond motifs is 1. The van der Waals surface area contributed by atoms with Crippen LogP contribution < -0.4 is 4.74 Å². The predicted molar refractivity (Wildman–Crippen MR) is 123 cm³/mol. The zero-order valence-electron chi connectivity index (χ0n) is 17.8. The number of pyridine rings is 1. The van der Waals surface area contributed by atoms with Crippen LogP contribution in [0.5, 0.6) is 5.75 Å². The summed E-state index contributed by atoms with van der Waals surface area (Å²) >= 11 is 1.48. The van der Waals surface area contributed by atoms with Gasteiger partial charge in [-0.15, -0.1) is 11.3 Å². The number of ether oxygens (including phenoxy) is 2. The fourth-order valence-electron chi connectivity index (χ4n) is 3.94. The summed E-state index contributed by atoms with van der Waals surface area (Å²) in [5.41, 5.74) is 3.51. The number of rotatable bonds is 6. The van der Waals surface area contributed by atoms with Crippen LogP contribution in [0.15, 0.2) is 60.4 Å². The standard InChI is InChI=1S/C24H24N4O3S/c1-30-20-6-2-5-18(12-20)21-14-28-22(16-32-24(28)26-21)23(29)27-10-7-19(8-11-27)31-15-17-4-3-9-25-13-17/h2-6,9,12-14,16,19H,7-8,10-11,15H2,1H3. The van der Waals surface area contributed by atoms with Gasteiger partial charge in [0.15, 0.2) is 4.96 Å². The summed E-state index contributed by atoms with van der Waals surface area (Å²) in [6, 6.07) is 11.7. The Hall–Kier alpha value is -3.23. The molecule has 1 amide bonds. The summed E-state index contributed by atoms with van der Waals surface area (Å²) in [7, 11) is 1.65. The molecule has 1 saturated heterocycles. The van der Waals surface area contributed by atoms with Gasteiger partial charge in [0.05, 0.1) is 25.5 Å². The highest BCUT2D eigenvalue weighted by Gasteiger charge is 2.26. The van der Waals surface area contributed by atoms with E-state index >= 15 is 0 Å². The maximum absolute atomic E-state index is 13.2. The van der Waals surface area contributed by atoms with Crippen molar-refractivity contribution in [2.45, 2.75) is 25.6 Å². The lowest BCUT2D eigenvalue weighted by atomic mass is 10.1. The smallest absolute Gasteiger partial charge is 0.271 e. The number of carbonyl (C=O) groups excluding carboxylic acids is 1. The van der Waals surface area contributed by atoms with Crippen molar-refractivity contribution in [2.75, 3.05) is 20.2 Å². The van der Waals surface area contributed by atoms with E-state index in [4.69, 9.17) is 14.5 Å². The number of aromatic nitrogens is 3. The van der Waals surface area contributed by atoms with Crippen LogP contribution in [-0.2, 0) is 11.3 Å². The van der Waals surface area contributed by atoms with E-state index < -0.39 is 0 Å². The second-order valence-electron chi connectivity index (χ2n) is 7.80. The molecule has 0 bridgehead atoms. The summed E-state index contributed by atoms with van der Waals surface area (Å²) in [5.74, 6) is 0.820. The maximum Gasteiger partial charge on any atom is 0.271 e. The molecule has 0 spiro atoms. The first kappa shape index (κ1) is 20.7. The van der Waals surface area contributed by atoms with Gasteiger partial charge in [-0.1, -0.05) is 18.2 Å². The quantitative estimate of drug-likeness (QED) is 0.440. The molecule has 1 aliphatic rings. The van der Waals surface area contributed by atoms with Crippen LogP contribution in [0.4, 0.5) is 0 Å². The Labute approximate surface area is 190 Å². The number of likely N-dealkylation sites (tertiary alicyclic amines) is 1. The Morgan fingerprint density at radius 3 is 2.88 bits per heavy atom. The SMILES string of the molecule is COc1cccc(-c2cn3c(C(=O)N4CCC(OCc5cccnc5)CC4)csc3n2)c1. The van der Waals surface area contributed by atoms with Gasteiger partial charge in [-0.25, -0.2) is 4.98 Å². The van der Waals surface area contributed by atoms with Gasteiger partial charge in [-0.05, 0) is 36.6 Å². The summed E-state index contributed by atoms with van der Waals surface area (Å²) in [6.07, 6.45) is 7.34. The van der Waals surface area contributed by atoms with E-state index in [1.54, 1.807) is 13.3 Å². The summed E-state index contributed by atoms with van der Waals surface area (Å²) in [6.45, 7) is 1.93. The topological polar surface area (TPSA) is 69.0 Å². The third kappa shape index (κ3) is 4.24. The van der Waals surface area contributed by atoms with Crippen molar-refractivity contribution >= 4 is 22.2 Å². The number of thiazole rings is 1. The molecule has 1 aliphatic heterocycles. The fourth-order valence-corrected chi connectivity index (χ4v) is 4.79. The highest BCUT2D eigenvalue weighted by molar-refractivity contribution is 7.15. The van der Waals surface area contributed by atoms with Crippen molar-refractivity contribution in [3.63, 3.8) is 0 Å². The molecule has 4 heterocycles. The van der Waals surface area contributed by atoms with Crippen LogP contribution >= 0.6 is 11.3 Å². The molecule has 0 radical (unpaired) electrons. The number of benzene rings is 1. The van der Waals surface area contributed by atoms with Gasteiger partial charge >= 0.3 is 0 Å². The number of imidazole rings is 1. The highest BCUT2D eigenvalue weighted by atomic mass is 32.1. The van der Waals surface area contributed by atoms with Gasteiger partial charge in [-0.3, -0.25) is 14.2 Å². The van der Waals surface area contributed by atoms with Gasteiger partial charge in [0.2, 0.25) is 0 Å². The number of methoxy groups -OCH3 is 1. The number of carbonyl (C=O) groups is 1. The number of hydrogen-bond donors (Lipinski definition) is 0. The van der Waals surface area contributed by atoms with Crippen molar-refractivity contribution in [3.8, 4) is 17.0 Å². The Balaban J connectivity index is 1.25. The van der Waals surface area contributed by atoms with Crippen molar-refractivity contribution in [2.24, 2.45) is 0 Å². The van der Waals surface area contributed by atoms with Crippen LogP contribution in [-0.4, -0.2) is 51.5 Å². The number of nitrogens with zero attached hydrogens (tertiary/aromatic N) is 4. The molecule has 8 heteroatoms. The van der Waals surface area contributed by atoms with Gasteiger partial charge < -0.3 is 14.4 Å². The zero-order chi connectivity index (χ0) is 21.9. The molecule has 3 aromatic heterocycles. The highest BCUT2D eigenvalue weighted by Crippen LogP contribution is 2.27. The minimum Gasteiger partial charge on any atom is -0.497 e. The minimum atomic E-state index is 0.0385. The number of amides is 1. The van der Waals surface area contributed by atoms with Gasteiger partial charge in [0, 0.05) is 42.6 Å². The predicted octanol–water partition coefficient (Wildman–Crippen LogP) is 4.29. The zero-order valence-corrected chi connectivity index (χ0v) is 18.6. The van der Waals surface area contributed by atoms with Gasteiger partial charge in [0.1, 0.15) is 11.4 Å². The van der Waals surface area contributed by atoms with E-state index in [0.717, 1.165) is 40.4 Å². The second kappa shape index (κ2) is 9.10. The Kier molecular flexibility index (Phi) is 5.87. The van der Waals surface area contributed by atoms with Crippen LogP contribution in [0.2, 0.25) is 0 Å². The van der Waals surface area contributed by atoms with Crippen molar-refractivity contribution in [3.05, 3.63) is 71.6 Å². The van der Waals surface area contributed by atoms with Crippen molar-refractivity contribution in [1.29, 1.82) is 0 Å². The third-order valence-electron chi connectivity index (χ3n) is 5.73. The molecule has 4 aromatic rings. The number of hydrogen-bond acceptors (Lipinski definition) is 6. The molecule has 0 N–H and O–H groups in total. The first-order chi connectivity index (χ1) is 15.7. The molecular formula is C24H24N4O3S. The van der Waals surface area contributed by atoms with Crippen molar-refractivity contribution < 1.29 is 14.3 Å². The third-order valence-corrected chi connectivity index (χ3v) is 6.57.